The highest BCUT2D eigenvalue weighted by Gasteiger charge is 2.19. The van der Waals surface area contributed by atoms with E-state index in [1.807, 2.05) is 0 Å². The molecule has 1 atom stereocenters. The van der Waals surface area contributed by atoms with Gasteiger partial charge in [-0.05, 0) is 44.9 Å². The average Bonchev–Trinajstić information content (AvgIpc) is 3.31. The van der Waals surface area contributed by atoms with Gasteiger partial charge in [-0.3, -0.25) is 14.4 Å². The fraction of sp³-hybridized carbons (Fsp3) is 0.917. The maximum atomic E-state index is 12.9. The van der Waals surface area contributed by atoms with Gasteiger partial charge >= 0.3 is 17.9 Å². The number of allylic oxidation sites excluding steroid dienone is 2. The minimum atomic E-state index is -0.767. The van der Waals surface area contributed by atoms with Gasteiger partial charge in [0.1, 0.15) is 13.2 Å². The Labute approximate surface area is 411 Å². The summed E-state index contributed by atoms with van der Waals surface area (Å²) in [5.41, 5.74) is 0. The van der Waals surface area contributed by atoms with E-state index in [1.165, 1.54) is 231 Å². The standard InChI is InChI=1S/C60H114O6/c1-4-7-10-13-16-19-22-25-27-28-29-30-31-32-34-36-39-42-45-48-51-54-60(63)66-57(55-64-58(61)52-49-46-43-40-37-24-21-18-15-12-9-6-3)56-65-59(62)53-50-47-44-41-38-35-33-26-23-20-17-14-11-8-5-2/h26,33,57H,4-25,27-32,34-56H2,1-3H3/b33-26-/t57-/m0/s1. The smallest absolute Gasteiger partial charge is 0.306 e. The summed E-state index contributed by atoms with van der Waals surface area (Å²) in [7, 11) is 0. The number of carbonyl (C=O) groups excluding carboxylic acids is 3. The van der Waals surface area contributed by atoms with Gasteiger partial charge < -0.3 is 14.2 Å². The highest BCUT2D eigenvalue weighted by molar-refractivity contribution is 5.71. The van der Waals surface area contributed by atoms with Gasteiger partial charge in [-0.25, -0.2) is 0 Å². The van der Waals surface area contributed by atoms with Gasteiger partial charge in [0.15, 0.2) is 6.10 Å². The molecule has 0 fully saturated rings. The first kappa shape index (κ1) is 64.2. The van der Waals surface area contributed by atoms with Crippen molar-refractivity contribution >= 4 is 17.9 Å². The lowest BCUT2D eigenvalue weighted by molar-refractivity contribution is -0.167. The Bertz CT molecular complexity index is 1020. The Morgan fingerprint density at radius 2 is 0.500 bits per heavy atom. The second-order valence-corrected chi connectivity index (χ2v) is 20.3. The van der Waals surface area contributed by atoms with Gasteiger partial charge in [-0.1, -0.05) is 283 Å². The molecule has 0 aliphatic heterocycles. The molecule has 0 radical (unpaired) electrons. The SMILES string of the molecule is CCCCCCCC/C=C\CCCCCCCC(=O)OC[C@H](COC(=O)CCCCCCCCCCCCCC)OC(=O)CCCCCCCCCCCCCCCCCCCCCCC. The number of esters is 3. The molecule has 0 aromatic carbocycles. The lowest BCUT2D eigenvalue weighted by atomic mass is 10.0. The molecule has 0 aliphatic carbocycles. The molecule has 0 rings (SSSR count). The second-order valence-electron chi connectivity index (χ2n) is 20.3. The van der Waals surface area contributed by atoms with E-state index >= 15 is 0 Å². The summed E-state index contributed by atoms with van der Waals surface area (Å²) < 4.78 is 16.9. The molecule has 0 aromatic rings. The van der Waals surface area contributed by atoms with E-state index in [2.05, 4.69) is 32.9 Å². The molecule has 0 bridgehead atoms. The van der Waals surface area contributed by atoms with E-state index in [0.29, 0.717) is 19.3 Å². The highest BCUT2D eigenvalue weighted by atomic mass is 16.6. The van der Waals surface area contributed by atoms with Crippen LogP contribution >= 0.6 is 0 Å². The Morgan fingerprint density at radius 1 is 0.288 bits per heavy atom. The van der Waals surface area contributed by atoms with Gasteiger partial charge in [-0.15, -0.1) is 0 Å². The van der Waals surface area contributed by atoms with Crippen molar-refractivity contribution in [3.05, 3.63) is 12.2 Å². The monoisotopic (exact) mass is 931 g/mol. The molecule has 0 unspecified atom stereocenters. The van der Waals surface area contributed by atoms with E-state index < -0.39 is 6.10 Å². The molecule has 0 spiro atoms. The number of rotatable bonds is 55. The summed E-state index contributed by atoms with van der Waals surface area (Å²) in [6.07, 6.45) is 63.5. The average molecular weight is 932 g/mol. The Kier molecular flexibility index (Phi) is 54.2. The molecule has 0 aliphatic rings. The van der Waals surface area contributed by atoms with E-state index in [0.717, 1.165) is 64.2 Å². The summed E-state index contributed by atoms with van der Waals surface area (Å²) in [5, 5.41) is 0. The third-order valence-corrected chi connectivity index (χ3v) is 13.5. The van der Waals surface area contributed by atoms with Crippen molar-refractivity contribution in [2.75, 3.05) is 13.2 Å². The normalized spacial score (nSPS) is 12.0. The van der Waals surface area contributed by atoms with Crippen LogP contribution in [0.3, 0.4) is 0 Å². The Hall–Kier alpha value is -1.85. The Morgan fingerprint density at radius 3 is 0.758 bits per heavy atom. The van der Waals surface area contributed by atoms with Gasteiger partial charge in [0.05, 0.1) is 0 Å². The largest absolute Gasteiger partial charge is 0.462 e. The van der Waals surface area contributed by atoms with Crippen molar-refractivity contribution < 1.29 is 28.6 Å². The molecule has 0 saturated heterocycles. The van der Waals surface area contributed by atoms with Crippen LogP contribution in [-0.2, 0) is 28.6 Å². The molecular formula is C60H114O6. The van der Waals surface area contributed by atoms with E-state index in [4.69, 9.17) is 14.2 Å². The summed E-state index contributed by atoms with van der Waals surface area (Å²) in [5.74, 6) is -0.851. The molecule has 0 N–H and O–H groups in total. The zero-order valence-electron chi connectivity index (χ0n) is 44.7. The molecule has 6 nitrogen and oxygen atoms in total. The molecular weight excluding hydrogens is 817 g/mol. The van der Waals surface area contributed by atoms with Gasteiger partial charge in [0.25, 0.3) is 0 Å². The zero-order chi connectivity index (χ0) is 47.9. The maximum Gasteiger partial charge on any atom is 0.306 e. The van der Waals surface area contributed by atoms with Crippen molar-refractivity contribution in [2.24, 2.45) is 0 Å². The summed E-state index contributed by atoms with van der Waals surface area (Å²) >= 11 is 0. The number of carbonyl (C=O) groups is 3. The number of unbranched alkanes of at least 4 members (excludes halogenated alkanes) is 42. The van der Waals surface area contributed by atoms with Crippen LogP contribution < -0.4 is 0 Å². The van der Waals surface area contributed by atoms with E-state index in [9.17, 15) is 14.4 Å². The molecule has 6 heteroatoms. The first-order valence-electron chi connectivity index (χ1n) is 29.7. The van der Waals surface area contributed by atoms with Crippen molar-refractivity contribution in [1.29, 1.82) is 0 Å². The van der Waals surface area contributed by atoms with Crippen LogP contribution in [0.2, 0.25) is 0 Å². The molecule has 0 aromatic heterocycles. The predicted molar refractivity (Wildman–Crippen MR) is 284 cm³/mol. The molecule has 0 saturated carbocycles. The Balaban J connectivity index is 4.27. The van der Waals surface area contributed by atoms with Crippen LogP contribution in [0.4, 0.5) is 0 Å². The number of hydrogen-bond acceptors (Lipinski definition) is 6. The topological polar surface area (TPSA) is 78.9 Å². The predicted octanol–water partition coefficient (Wildman–Crippen LogP) is 19.7. The lowest BCUT2D eigenvalue weighted by Crippen LogP contribution is -2.30. The third kappa shape index (κ3) is 53.1. The van der Waals surface area contributed by atoms with Gasteiger partial charge in [-0.2, -0.15) is 0 Å². The van der Waals surface area contributed by atoms with Crippen LogP contribution in [0.15, 0.2) is 12.2 Å². The van der Waals surface area contributed by atoms with Gasteiger partial charge in [0.2, 0.25) is 0 Å². The lowest BCUT2D eigenvalue weighted by Gasteiger charge is -2.18. The zero-order valence-corrected chi connectivity index (χ0v) is 44.7. The number of hydrogen-bond donors (Lipinski definition) is 0. The summed E-state index contributed by atoms with van der Waals surface area (Å²) in [6, 6.07) is 0. The fourth-order valence-corrected chi connectivity index (χ4v) is 9.03. The van der Waals surface area contributed by atoms with E-state index in [-0.39, 0.29) is 31.1 Å². The van der Waals surface area contributed by atoms with Gasteiger partial charge in [0, 0.05) is 19.3 Å². The van der Waals surface area contributed by atoms with Crippen molar-refractivity contribution in [3.63, 3.8) is 0 Å². The fourth-order valence-electron chi connectivity index (χ4n) is 9.03. The third-order valence-electron chi connectivity index (χ3n) is 13.5. The van der Waals surface area contributed by atoms with Crippen LogP contribution in [-0.4, -0.2) is 37.2 Å². The molecule has 0 amide bonds. The molecule has 390 valence electrons. The summed E-state index contributed by atoms with van der Waals surface area (Å²) in [4.78, 5) is 38.1. The van der Waals surface area contributed by atoms with Crippen molar-refractivity contribution in [1.82, 2.24) is 0 Å². The van der Waals surface area contributed by atoms with Crippen molar-refractivity contribution in [3.8, 4) is 0 Å². The van der Waals surface area contributed by atoms with Crippen LogP contribution in [0.1, 0.15) is 335 Å². The maximum absolute atomic E-state index is 12.9. The first-order valence-corrected chi connectivity index (χ1v) is 29.7. The molecule has 0 heterocycles. The quantitative estimate of drug-likeness (QED) is 0.0262. The highest BCUT2D eigenvalue weighted by Crippen LogP contribution is 2.17. The van der Waals surface area contributed by atoms with E-state index in [1.54, 1.807) is 0 Å². The molecule has 66 heavy (non-hydrogen) atoms. The van der Waals surface area contributed by atoms with Crippen LogP contribution in [0.5, 0.6) is 0 Å². The second kappa shape index (κ2) is 55.7. The minimum Gasteiger partial charge on any atom is -0.462 e. The first-order chi connectivity index (χ1) is 32.5. The minimum absolute atomic E-state index is 0.0666. The van der Waals surface area contributed by atoms with Crippen LogP contribution in [0.25, 0.3) is 0 Å². The number of ether oxygens (including phenoxy) is 3. The van der Waals surface area contributed by atoms with Crippen molar-refractivity contribution in [2.45, 2.75) is 341 Å². The summed E-state index contributed by atoms with van der Waals surface area (Å²) in [6.45, 7) is 6.68. The van der Waals surface area contributed by atoms with Crippen LogP contribution in [0, 0.1) is 0 Å².